The van der Waals surface area contributed by atoms with Gasteiger partial charge in [0.15, 0.2) is 0 Å². The zero-order chi connectivity index (χ0) is 11.6. The normalized spacial score (nSPS) is 19.2. The number of aliphatic hydroxyl groups excluding tert-OH is 1. The number of aliphatic hydroxyl groups is 1. The lowest BCUT2D eigenvalue weighted by Gasteiger charge is -2.27. The third-order valence-corrected chi connectivity index (χ3v) is 3.86. The summed E-state index contributed by atoms with van der Waals surface area (Å²) >= 11 is 5.92. The van der Waals surface area contributed by atoms with Crippen LogP contribution in [0.15, 0.2) is 6.20 Å². The van der Waals surface area contributed by atoms with Crippen LogP contribution >= 0.6 is 11.6 Å². The van der Waals surface area contributed by atoms with Gasteiger partial charge in [0.1, 0.15) is 11.0 Å². The monoisotopic (exact) mass is 243 g/mol. The Labute approximate surface area is 101 Å². The van der Waals surface area contributed by atoms with Gasteiger partial charge in [0, 0.05) is 12.6 Å². The number of hydrogen-bond acceptors (Lipinski definition) is 3. The van der Waals surface area contributed by atoms with Crippen molar-refractivity contribution in [2.45, 2.75) is 37.8 Å². The molecule has 0 bridgehead atoms. The molecule has 90 valence electrons. The molecule has 2 N–H and O–H groups in total. The van der Waals surface area contributed by atoms with Gasteiger partial charge >= 0.3 is 0 Å². The fourth-order valence-electron chi connectivity index (χ4n) is 2.30. The molecule has 0 unspecified atom stereocenters. The second-order valence-electron chi connectivity index (χ2n) is 4.56. The summed E-state index contributed by atoms with van der Waals surface area (Å²) in [5.74, 6) is 0.907. The van der Waals surface area contributed by atoms with Gasteiger partial charge in [-0.2, -0.15) is 0 Å². The maximum atomic E-state index is 9.45. The Balaban J connectivity index is 1.98. The Morgan fingerprint density at radius 3 is 2.75 bits per heavy atom. The van der Waals surface area contributed by atoms with Crippen molar-refractivity contribution in [2.75, 3.05) is 6.61 Å². The predicted molar refractivity (Wildman–Crippen MR) is 63.3 cm³/mol. The molecule has 1 saturated carbocycles. The van der Waals surface area contributed by atoms with E-state index in [2.05, 4.69) is 10.3 Å². The van der Waals surface area contributed by atoms with Crippen molar-refractivity contribution in [3.05, 3.63) is 17.2 Å². The second-order valence-corrected chi connectivity index (χ2v) is 4.94. The van der Waals surface area contributed by atoms with Crippen molar-refractivity contribution >= 4 is 11.6 Å². The van der Waals surface area contributed by atoms with Crippen LogP contribution in [-0.4, -0.2) is 26.8 Å². The van der Waals surface area contributed by atoms with Crippen LogP contribution in [0.2, 0.25) is 5.15 Å². The molecule has 1 fully saturated rings. The van der Waals surface area contributed by atoms with Crippen molar-refractivity contribution in [3.63, 3.8) is 0 Å². The summed E-state index contributed by atoms with van der Waals surface area (Å²) in [6.45, 7) is 0.856. The average Bonchev–Trinajstić information content (AvgIpc) is 2.87. The van der Waals surface area contributed by atoms with Crippen molar-refractivity contribution in [3.8, 4) is 0 Å². The zero-order valence-corrected chi connectivity index (χ0v) is 10.3. The molecule has 1 aromatic rings. The molecule has 0 aromatic carbocycles. The summed E-state index contributed by atoms with van der Waals surface area (Å²) < 4.78 is 1.86. The Morgan fingerprint density at radius 1 is 1.56 bits per heavy atom. The predicted octanol–water partition coefficient (Wildman–Crippen LogP) is 1.47. The first-order chi connectivity index (χ1) is 7.67. The smallest absolute Gasteiger partial charge is 0.128 e. The minimum atomic E-state index is -0.0988. The minimum absolute atomic E-state index is 0.0988. The quantitative estimate of drug-likeness (QED) is 0.842. The lowest BCUT2D eigenvalue weighted by atomic mass is 9.99. The van der Waals surface area contributed by atoms with Gasteiger partial charge in [0.05, 0.1) is 19.3 Å². The number of rotatable bonds is 4. The average molecular weight is 244 g/mol. The fourth-order valence-corrected chi connectivity index (χ4v) is 2.44. The molecule has 0 amide bonds. The van der Waals surface area contributed by atoms with Gasteiger partial charge in [-0.3, -0.25) is 0 Å². The fraction of sp³-hybridized carbons (Fsp3) is 0.727. The van der Waals surface area contributed by atoms with Gasteiger partial charge < -0.3 is 15.0 Å². The van der Waals surface area contributed by atoms with Crippen LogP contribution in [0.25, 0.3) is 0 Å². The molecule has 4 nitrogen and oxygen atoms in total. The van der Waals surface area contributed by atoms with E-state index in [0.29, 0.717) is 11.7 Å². The number of hydrogen-bond donors (Lipinski definition) is 2. The molecular weight excluding hydrogens is 226 g/mol. The number of nitrogens with one attached hydrogen (secondary N) is 1. The maximum Gasteiger partial charge on any atom is 0.128 e. The highest BCUT2D eigenvalue weighted by molar-refractivity contribution is 6.29. The first-order valence-corrected chi connectivity index (χ1v) is 6.07. The molecule has 2 rings (SSSR count). The van der Waals surface area contributed by atoms with E-state index in [4.69, 9.17) is 11.6 Å². The molecule has 0 atom stereocenters. The van der Waals surface area contributed by atoms with Crippen LogP contribution in [-0.2, 0) is 13.6 Å². The Kier molecular flexibility index (Phi) is 3.52. The van der Waals surface area contributed by atoms with E-state index in [9.17, 15) is 5.11 Å². The Hall–Kier alpha value is -0.580. The third-order valence-electron chi connectivity index (χ3n) is 3.51. The van der Waals surface area contributed by atoms with Gasteiger partial charge in [-0.05, 0) is 12.8 Å². The topological polar surface area (TPSA) is 50.1 Å². The molecule has 0 spiro atoms. The van der Waals surface area contributed by atoms with E-state index in [0.717, 1.165) is 18.7 Å². The summed E-state index contributed by atoms with van der Waals surface area (Å²) in [7, 11) is 1.90. The summed E-state index contributed by atoms with van der Waals surface area (Å²) in [4.78, 5) is 4.23. The molecule has 1 aliphatic carbocycles. The van der Waals surface area contributed by atoms with Gasteiger partial charge in [-0.15, -0.1) is 0 Å². The van der Waals surface area contributed by atoms with Crippen LogP contribution in [0.5, 0.6) is 0 Å². The SMILES string of the molecule is Cn1c(Cl)cnc1CNC1(CO)CCCC1. The highest BCUT2D eigenvalue weighted by Crippen LogP contribution is 2.29. The molecule has 0 saturated heterocycles. The third kappa shape index (κ3) is 2.24. The summed E-state index contributed by atoms with van der Waals surface area (Å²) in [5, 5.41) is 13.5. The molecule has 1 aliphatic rings. The lowest BCUT2D eigenvalue weighted by molar-refractivity contribution is 0.161. The van der Waals surface area contributed by atoms with Gasteiger partial charge in [0.25, 0.3) is 0 Å². The van der Waals surface area contributed by atoms with Crippen LogP contribution < -0.4 is 5.32 Å². The lowest BCUT2D eigenvalue weighted by Crippen LogP contribution is -2.45. The van der Waals surface area contributed by atoms with Gasteiger partial charge in [-0.1, -0.05) is 24.4 Å². The number of imidazole rings is 1. The van der Waals surface area contributed by atoms with E-state index in [-0.39, 0.29) is 12.1 Å². The molecule has 1 heterocycles. The second kappa shape index (κ2) is 4.73. The van der Waals surface area contributed by atoms with E-state index in [1.807, 2.05) is 11.6 Å². The standard InChI is InChI=1S/C11H18ClN3O/c1-15-9(12)6-13-10(15)7-14-11(8-16)4-2-3-5-11/h6,14,16H,2-5,7-8H2,1H3. The summed E-state index contributed by atoms with van der Waals surface area (Å²) in [6, 6.07) is 0. The van der Waals surface area contributed by atoms with Crippen molar-refractivity contribution in [1.29, 1.82) is 0 Å². The van der Waals surface area contributed by atoms with Gasteiger partial charge in [0.2, 0.25) is 0 Å². The van der Waals surface area contributed by atoms with Crippen molar-refractivity contribution in [2.24, 2.45) is 7.05 Å². The van der Waals surface area contributed by atoms with E-state index < -0.39 is 0 Å². The number of nitrogens with zero attached hydrogens (tertiary/aromatic N) is 2. The molecule has 0 aliphatic heterocycles. The van der Waals surface area contributed by atoms with E-state index in [1.54, 1.807) is 6.20 Å². The highest BCUT2D eigenvalue weighted by atomic mass is 35.5. The summed E-state index contributed by atoms with van der Waals surface area (Å²) in [6.07, 6.45) is 6.12. The number of aromatic nitrogens is 2. The zero-order valence-electron chi connectivity index (χ0n) is 9.54. The van der Waals surface area contributed by atoms with E-state index >= 15 is 0 Å². The molecule has 16 heavy (non-hydrogen) atoms. The Morgan fingerprint density at radius 2 is 2.25 bits per heavy atom. The molecule has 0 radical (unpaired) electrons. The van der Waals surface area contributed by atoms with Gasteiger partial charge in [-0.25, -0.2) is 4.98 Å². The first kappa shape index (κ1) is 11.9. The Bertz CT molecular complexity index is 358. The summed E-state index contributed by atoms with van der Waals surface area (Å²) in [5.41, 5.74) is -0.0988. The van der Waals surface area contributed by atoms with Crippen LogP contribution in [0.1, 0.15) is 31.5 Å². The van der Waals surface area contributed by atoms with Crippen LogP contribution in [0, 0.1) is 0 Å². The largest absolute Gasteiger partial charge is 0.394 e. The molecule has 5 heteroatoms. The molecule has 1 aromatic heterocycles. The highest BCUT2D eigenvalue weighted by Gasteiger charge is 2.32. The maximum absolute atomic E-state index is 9.45. The van der Waals surface area contributed by atoms with E-state index in [1.165, 1.54) is 12.8 Å². The van der Waals surface area contributed by atoms with Crippen LogP contribution in [0.3, 0.4) is 0 Å². The molecular formula is C11H18ClN3O. The van der Waals surface area contributed by atoms with Crippen molar-refractivity contribution in [1.82, 2.24) is 14.9 Å². The first-order valence-electron chi connectivity index (χ1n) is 5.69. The number of halogens is 1. The van der Waals surface area contributed by atoms with Crippen molar-refractivity contribution < 1.29 is 5.11 Å². The minimum Gasteiger partial charge on any atom is -0.394 e. The van der Waals surface area contributed by atoms with Crippen LogP contribution in [0.4, 0.5) is 0 Å².